The molecule has 0 radical (unpaired) electrons. The van der Waals surface area contributed by atoms with E-state index in [1.54, 1.807) is 0 Å². The molecular formula is C19H22N4O. The molecule has 0 aromatic heterocycles. The first-order valence-corrected chi connectivity index (χ1v) is 8.84. The van der Waals surface area contributed by atoms with E-state index in [1.165, 1.54) is 17.5 Å². The molecular weight excluding hydrogens is 300 g/mol. The van der Waals surface area contributed by atoms with Crippen molar-refractivity contribution < 1.29 is 4.79 Å². The molecule has 4 rings (SSSR count). The molecule has 5 heteroatoms. The number of carbonyl (C=O) groups excluding carboxylic acids is 1. The summed E-state index contributed by atoms with van der Waals surface area (Å²) in [7, 11) is 0. The number of carbonyl (C=O) groups is 1. The molecule has 1 saturated carbocycles. The van der Waals surface area contributed by atoms with Gasteiger partial charge in [-0.25, -0.2) is 4.99 Å². The van der Waals surface area contributed by atoms with E-state index in [0.717, 1.165) is 45.2 Å². The molecule has 1 spiro atoms. The summed E-state index contributed by atoms with van der Waals surface area (Å²) in [6.45, 7) is 1.62. The molecule has 2 heterocycles. The lowest BCUT2D eigenvalue weighted by Gasteiger charge is -2.42. The maximum absolute atomic E-state index is 12.6. The van der Waals surface area contributed by atoms with Crippen LogP contribution >= 0.6 is 0 Å². The van der Waals surface area contributed by atoms with Crippen molar-refractivity contribution in [3.05, 3.63) is 35.4 Å². The number of guanidine groups is 1. The molecule has 1 aromatic rings. The van der Waals surface area contributed by atoms with E-state index < -0.39 is 11.5 Å². The van der Waals surface area contributed by atoms with Crippen molar-refractivity contribution in [3.63, 3.8) is 0 Å². The molecule has 0 saturated heterocycles. The fourth-order valence-corrected chi connectivity index (χ4v) is 4.30. The van der Waals surface area contributed by atoms with Crippen molar-refractivity contribution in [2.24, 2.45) is 10.9 Å². The smallest absolute Gasteiger partial charge is 0.246 e. The summed E-state index contributed by atoms with van der Waals surface area (Å²) < 4.78 is 0. The summed E-state index contributed by atoms with van der Waals surface area (Å²) in [5, 5.41) is 12.4. The van der Waals surface area contributed by atoms with Gasteiger partial charge in [-0.2, -0.15) is 5.26 Å². The summed E-state index contributed by atoms with van der Waals surface area (Å²) in [5.41, 5.74) is 2.15. The van der Waals surface area contributed by atoms with Gasteiger partial charge in [0.25, 0.3) is 0 Å². The zero-order valence-corrected chi connectivity index (χ0v) is 13.8. The Labute approximate surface area is 142 Å². The lowest BCUT2D eigenvalue weighted by atomic mass is 9.72. The van der Waals surface area contributed by atoms with Gasteiger partial charge in [0, 0.05) is 13.1 Å². The van der Waals surface area contributed by atoms with Crippen LogP contribution in [0.3, 0.4) is 0 Å². The Hall–Kier alpha value is -2.35. The van der Waals surface area contributed by atoms with E-state index in [0.29, 0.717) is 5.96 Å². The number of amides is 1. The third kappa shape index (κ3) is 2.47. The van der Waals surface area contributed by atoms with Crippen LogP contribution in [-0.2, 0) is 17.8 Å². The lowest BCUT2D eigenvalue weighted by Crippen LogP contribution is -2.58. The normalized spacial score (nSPS) is 25.5. The van der Waals surface area contributed by atoms with Crippen molar-refractivity contribution in [2.45, 2.75) is 50.6 Å². The van der Waals surface area contributed by atoms with Gasteiger partial charge in [-0.05, 0) is 30.4 Å². The van der Waals surface area contributed by atoms with Crippen LogP contribution in [-0.4, -0.2) is 28.9 Å². The van der Waals surface area contributed by atoms with Gasteiger partial charge in [-0.3, -0.25) is 10.1 Å². The minimum atomic E-state index is -0.654. The van der Waals surface area contributed by atoms with E-state index in [4.69, 9.17) is 4.99 Å². The standard InChI is InChI=1S/C19H22N4O/c20-12-16-17(24)21-18(22-19(16)9-4-1-5-10-19)23-11-8-14-6-2-3-7-15(14)13-23/h2-3,6-7,16H,1,4-5,8-11,13H2,(H,21,22,24). The highest BCUT2D eigenvalue weighted by molar-refractivity contribution is 6.02. The second-order valence-corrected chi connectivity index (χ2v) is 7.09. The van der Waals surface area contributed by atoms with Crippen LogP contribution in [0.1, 0.15) is 43.2 Å². The SMILES string of the molecule is N#CC1C(=O)NC(N2CCc3ccccc3C2)=NC12CCCCC2. The molecule has 1 amide bonds. The first-order chi connectivity index (χ1) is 11.7. The predicted molar refractivity (Wildman–Crippen MR) is 91.1 cm³/mol. The fourth-order valence-electron chi connectivity index (χ4n) is 4.30. The van der Waals surface area contributed by atoms with Crippen molar-refractivity contribution in [2.75, 3.05) is 6.54 Å². The summed E-state index contributed by atoms with van der Waals surface area (Å²) in [6, 6.07) is 10.7. The van der Waals surface area contributed by atoms with Gasteiger partial charge < -0.3 is 4.90 Å². The fraction of sp³-hybridized carbons (Fsp3) is 0.526. The van der Waals surface area contributed by atoms with Gasteiger partial charge >= 0.3 is 0 Å². The van der Waals surface area contributed by atoms with Crippen molar-refractivity contribution in [3.8, 4) is 6.07 Å². The van der Waals surface area contributed by atoms with Crippen LogP contribution in [0.15, 0.2) is 29.3 Å². The zero-order chi connectivity index (χ0) is 16.6. The molecule has 5 nitrogen and oxygen atoms in total. The third-order valence-corrected chi connectivity index (χ3v) is 5.64. The number of aliphatic imine (C=N–C) groups is 1. The lowest BCUT2D eigenvalue weighted by molar-refractivity contribution is -0.125. The van der Waals surface area contributed by atoms with Gasteiger partial charge in [0.05, 0.1) is 11.6 Å². The molecule has 1 aliphatic carbocycles. The minimum Gasteiger partial charge on any atom is -0.338 e. The molecule has 1 atom stereocenters. The monoisotopic (exact) mass is 322 g/mol. The van der Waals surface area contributed by atoms with Crippen LogP contribution in [0.2, 0.25) is 0 Å². The second kappa shape index (κ2) is 5.94. The van der Waals surface area contributed by atoms with Crippen molar-refractivity contribution in [1.82, 2.24) is 10.2 Å². The van der Waals surface area contributed by atoms with Crippen LogP contribution in [0.4, 0.5) is 0 Å². The van der Waals surface area contributed by atoms with E-state index in [-0.39, 0.29) is 5.91 Å². The molecule has 124 valence electrons. The average molecular weight is 322 g/mol. The summed E-state index contributed by atoms with van der Waals surface area (Å²) in [6.07, 6.45) is 5.90. The number of nitrogens with one attached hydrogen (secondary N) is 1. The molecule has 1 unspecified atom stereocenters. The molecule has 1 N–H and O–H groups in total. The Balaban J connectivity index is 1.66. The van der Waals surface area contributed by atoms with Crippen LogP contribution in [0.5, 0.6) is 0 Å². The predicted octanol–water partition coefficient (Wildman–Crippen LogP) is 2.37. The van der Waals surface area contributed by atoms with Gasteiger partial charge in [-0.15, -0.1) is 0 Å². The molecule has 1 fully saturated rings. The highest BCUT2D eigenvalue weighted by Gasteiger charge is 2.48. The number of rotatable bonds is 0. The number of hydrogen-bond donors (Lipinski definition) is 1. The van der Waals surface area contributed by atoms with Crippen molar-refractivity contribution >= 4 is 11.9 Å². The van der Waals surface area contributed by atoms with Crippen LogP contribution < -0.4 is 5.32 Å². The van der Waals surface area contributed by atoms with Gasteiger partial charge in [-0.1, -0.05) is 43.5 Å². The molecule has 1 aromatic carbocycles. The Kier molecular flexibility index (Phi) is 3.76. The Morgan fingerprint density at radius 1 is 1.21 bits per heavy atom. The summed E-state index contributed by atoms with van der Waals surface area (Å²) in [4.78, 5) is 19.7. The number of hydrogen-bond acceptors (Lipinski definition) is 4. The summed E-state index contributed by atoms with van der Waals surface area (Å²) in [5.74, 6) is -0.162. The van der Waals surface area contributed by atoms with Crippen LogP contribution in [0.25, 0.3) is 0 Å². The minimum absolute atomic E-state index is 0.178. The van der Waals surface area contributed by atoms with E-state index in [2.05, 4.69) is 40.6 Å². The maximum Gasteiger partial charge on any atom is 0.246 e. The molecule has 0 bridgehead atoms. The quantitative estimate of drug-likeness (QED) is 0.797. The average Bonchev–Trinajstić information content (AvgIpc) is 2.62. The maximum atomic E-state index is 12.6. The number of benzene rings is 1. The van der Waals surface area contributed by atoms with E-state index in [9.17, 15) is 10.1 Å². The van der Waals surface area contributed by atoms with Gasteiger partial charge in [0.2, 0.25) is 11.9 Å². The zero-order valence-electron chi connectivity index (χ0n) is 13.8. The van der Waals surface area contributed by atoms with E-state index >= 15 is 0 Å². The number of nitriles is 1. The molecule has 24 heavy (non-hydrogen) atoms. The first-order valence-electron chi connectivity index (χ1n) is 8.84. The van der Waals surface area contributed by atoms with Gasteiger partial charge in [0.1, 0.15) is 0 Å². The van der Waals surface area contributed by atoms with Gasteiger partial charge in [0.15, 0.2) is 5.92 Å². The first kappa shape index (κ1) is 15.2. The molecule has 2 aliphatic heterocycles. The summed E-state index contributed by atoms with van der Waals surface area (Å²) >= 11 is 0. The number of fused-ring (bicyclic) bond motifs is 1. The molecule has 3 aliphatic rings. The highest BCUT2D eigenvalue weighted by atomic mass is 16.2. The highest BCUT2D eigenvalue weighted by Crippen LogP contribution is 2.40. The number of nitrogens with zero attached hydrogens (tertiary/aromatic N) is 3. The third-order valence-electron chi connectivity index (χ3n) is 5.64. The second-order valence-electron chi connectivity index (χ2n) is 7.09. The van der Waals surface area contributed by atoms with E-state index in [1.807, 2.05) is 0 Å². The Morgan fingerprint density at radius 3 is 2.71 bits per heavy atom. The van der Waals surface area contributed by atoms with Crippen molar-refractivity contribution in [1.29, 1.82) is 5.26 Å². The Bertz CT molecular complexity index is 727. The largest absolute Gasteiger partial charge is 0.338 e. The Morgan fingerprint density at radius 2 is 1.96 bits per heavy atom. The topological polar surface area (TPSA) is 68.5 Å². The van der Waals surface area contributed by atoms with Crippen LogP contribution in [0, 0.1) is 17.2 Å².